The summed E-state index contributed by atoms with van der Waals surface area (Å²) in [4.78, 5) is 14.9. The van der Waals surface area contributed by atoms with Crippen molar-refractivity contribution in [3.05, 3.63) is 28.8 Å². The van der Waals surface area contributed by atoms with Crippen molar-refractivity contribution in [2.75, 3.05) is 24.6 Å². The Morgan fingerprint density at radius 1 is 1.16 bits per heavy atom. The fourth-order valence-electron chi connectivity index (χ4n) is 4.61. The molecule has 1 amide bonds. The number of benzene rings is 1. The largest absolute Gasteiger partial charge is 0.373 e. The number of hydrogen-bond acceptors (Lipinski definition) is 3. The Bertz CT molecular complexity index is 637. The maximum absolute atomic E-state index is 12.6. The summed E-state index contributed by atoms with van der Waals surface area (Å²) in [6, 6.07) is 5.79. The van der Waals surface area contributed by atoms with Gasteiger partial charge in [0.15, 0.2) is 0 Å². The van der Waals surface area contributed by atoms with Crippen LogP contribution in [0.3, 0.4) is 0 Å². The summed E-state index contributed by atoms with van der Waals surface area (Å²) >= 11 is 6.44. The quantitative estimate of drug-likeness (QED) is 0.877. The van der Waals surface area contributed by atoms with Gasteiger partial charge in [-0.3, -0.25) is 4.79 Å². The lowest BCUT2D eigenvalue weighted by Crippen LogP contribution is -2.37. The zero-order valence-corrected chi connectivity index (χ0v) is 15.5. The summed E-state index contributed by atoms with van der Waals surface area (Å²) in [5, 5.41) is 3.81. The minimum Gasteiger partial charge on any atom is -0.373 e. The maximum atomic E-state index is 12.6. The molecule has 1 aromatic carbocycles. The van der Waals surface area contributed by atoms with E-state index in [-0.39, 0.29) is 17.6 Å². The lowest BCUT2D eigenvalue weighted by atomic mass is 9.82. The number of amides is 1. The van der Waals surface area contributed by atoms with Gasteiger partial charge in [0.25, 0.3) is 5.91 Å². The standard InChI is InChI=1S/C20H27ClN2O2/c21-17-12-15(6-7-18(17)23-10-4-5-11-23)19(24)22-16-13-20(25-14-16)8-2-1-3-9-20/h6-7,12,16H,1-5,8-11,13-14H2,(H,22,24). The highest BCUT2D eigenvalue weighted by atomic mass is 35.5. The minimum atomic E-state index is -0.0451. The predicted octanol–water partition coefficient (Wildman–Crippen LogP) is 4.16. The Morgan fingerprint density at radius 2 is 1.92 bits per heavy atom. The van der Waals surface area contributed by atoms with Crippen LogP contribution in [0.15, 0.2) is 18.2 Å². The summed E-state index contributed by atoms with van der Waals surface area (Å²) < 4.78 is 6.09. The first-order chi connectivity index (χ1) is 12.2. The van der Waals surface area contributed by atoms with E-state index in [1.807, 2.05) is 12.1 Å². The van der Waals surface area contributed by atoms with Crippen LogP contribution in [0.4, 0.5) is 5.69 Å². The summed E-state index contributed by atoms with van der Waals surface area (Å²) in [5.41, 5.74) is 1.70. The monoisotopic (exact) mass is 362 g/mol. The molecule has 3 aliphatic rings. The molecule has 2 aliphatic heterocycles. The van der Waals surface area contributed by atoms with Gasteiger partial charge in [-0.25, -0.2) is 0 Å². The summed E-state index contributed by atoms with van der Waals surface area (Å²) in [5.74, 6) is -0.0451. The molecule has 136 valence electrons. The lowest BCUT2D eigenvalue weighted by molar-refractivity contribution is -0.0246. The third kappa shape index (κ3) is 3.65. The van der Waals surface area contributed by atoms with E-state index >= 15 is 0 Å². The van der Waals surface area contributed by atoms with Crippen molar-refractivity contribution >= 4 is 23.2 Å². The molecule has 4 nitrogen and oxygen atoms in total. The number of rotatable bonds is 3. The zero-order chi connectivity index (χ0) is 17.3. The van der Waals surface area contributed by atoms with Crippen LogP contribution in [-0.2, 0) is 4.74 Å². The van der Waals surface area contributed by atoms with E-state index in [0.717, 1.165) is 38.0 Å². The number of anilines is 1. The second kappa shape index (κ2) is 7.16. The van der Waals surface area contributed by atoms with Crippen LogP contribution in [0.5, 0.6) is 0 Å². The van der Waals surface area contributed by atoms with Crippen LogP contribution >= 0.6 is 11.6 Å². The molecule has 0 bridgehead atoms. The Morgan fingerprint density at radius 3 is 2.64 bits per heavy atom. The van der Waals surface area contributed by atoms with Crippen molar-refractivity contribution in [1.82, 2.24) is 5.32 Å². The number of hydrogen-bond donors (Lipinski definition) is 1. The average molecular weight is 363 g/mol. The number of carbonyl (C=O) groups excluding carboxylic acids is 1. The molecule has 2 heterocycles. The van der Waals surface area contributed by atoms with Crippen LogP contribution < -0.4 is 10.2 Å². The second-order valence-electron chi connectivity index (χ2n) is 7.79. The number of nitrogens with one attached hydrogen (secondary N) is 1. The maximum Gasteiger partial charge on any atom is 0.251 e. The number of halogens is 1. The highest BCUT2D eigenvalue weighted by molar-refractivity contribution is 6.33. The lowest BCUT2D eigenvalue weighted by Gasteiger charge is -2.32. The minimum absolute atomic E-state index is 0.0213. The third-order valence-electron chi connectivity index (χ3n) is 5.97. The average Bonchev–Trinajstić information content (AvgIpc) is 3.26. The molecule has 0 radical (unpaired) electrons. The van der Waals surface area contributed by atoms with Gasteiger partial charge in [-0.15, -0.1) is 0 Å². The van der Waals surface area contributed by atoms with E-state index in [0.29, 0.717) is 17.2 Å². The zero-order valence-electron chi connectivity index (χ0n) is 14.7. The van der Waals surface area contributed by atoms with Crippen molar-refractivity contribution in [2.45, 2.75) is 63.0 Å². The van der Waals surface area contributed by atoms with Gasteiger partial charge in [0.05, 0.1) is 29.0 Å². The molecule has 1 atom stereocenters. The first-order valence-corrected chi connectivity index (χ1v) is 10.0. The molecule has 1 saturated carbocycles. The predicted molar refractivity (Wildman–Crippen MR) is 101 cm³/mol. The van der Waals surface area contributed by atoms with Crippen LogP contribution in [0.1, 0.15) is 61.7 Å². The van der Waals surface area contributed by atoms with Gasteiger partial charge in [0.2, 0.25) is 0 Å². The Hall–Kier alpha value is -1.26. The highest BCUT2D eigenvalue weighted by Gasteiger charge is 2.41. The molecule has 1 aliphatic carbocycles. The third-order valence-corrected chi connectivity index (χ3v) is 6.27. The molecule has 3 fully saturated rings. The van der Waals surface area contributed by atoms with Gasteiger partial charge in [0.1, 0.15) is 0 Å². The Kier molecular flexibility index (Phi) is 4.92. The van der Waals surface area contributed by atoms with E-state index in [1.54, 1.807) is 6.07 Å². The smallest absolute Gasteiger partial charge is 0.251 e. The number of nitrogens with zero attached hydrogens (tertiary/aromatic N) is 1. The van der Waals surface area contributed by atoms with Crippen molar-refractivity contribution in [3.8, 4) is 0 Å². The first kappa shape index (κ1) is 17.2. The second-order valence-corrected chi connectivity index (χ2v) is 8.20. The molecular weight excluding hydrogens is 336 g/mol. The van der Waals surface area contributed by atoms with Gasteiger partial charge in [-0.05, 0) is 50.3 Å². The van der Waals surface area contributed by atoms with Gasteiger partial charge < -0.3 is 15.0 Å². The fourth-order valence-corrected chi connectivity index (χ4v) is 4.91. The van der Waals surface area contributed by atoms with E-state index in [2.05, 4.69) is 10.2 Å². The summed E-state index contributed by atoms with van der Waals surface area (Å²) in [6.07, 6.45) is 9.43. The van der Waals surface area contributed by atoms with Crippen molar-refractivity contribution in [1.29, 1.82) is 0 Å². The molecule has 25 heavy (non-hydrogen) atoms. The fraction of sp³-hybridized carbons (Fsp3) is 0.650. The van der Waals surface area contributed by atoms with Crippen molar-refractivity contribution in [3.63, 3.8) is 0 Å². The van der Waals surface area contributed by atoms with Crippen molar-refractivity contribution in [2.24, 2.45) is 0 Å². The van der Waals surface area contributed by atoms with Crippen molar-refractivity contribution < 1.29 is 9.53 Å². The van der Waals surface area contributed by atoms with E-state index in [1.165, 1.54) is 32.1 Å². The molecule has 1 aromatic rings. The number of carbonyl (C=O) groups is 1. The van der Waals surface area contributed by atoms with Gasteiger partial charge in [0, 0.05) is 18.7 Å². The summed E-state index contributed by atoms with van der Waals surface area (Å²) in [7, 11) is 0. The molecular formula is C20H27ClN2O2. The molecule has 1 spiro atoms. The normalized spacial score (nSPS) is 25.5. The Labute approximate surface area is 154 Å². The van der Waals surface area contributed by atoms with Crippen LogP contribution in [-0.4, -0.2) is 37.2 Å². The van der Waals surface area contributed by atoms with Gasteiger partial charge in [-0.2, -0.15) is 0 Å². The van der Waals surface area contributed by atoms with E-state index in [4.69, 9.17) is 16.3 Å². The van der Waals surface area contributed by atoms with Gasteiger partial charge >= 0.3 is 0 Å². The van der Waals surface area contributed by atoms with Crippen LogP contribution in [0.2, 0.25) is 5.02 Å². The van der Waals surface area contributed by atoms with E-state index in [9.17, 15) is 4.79 Å². The first-order valence-electron chi connectivity index (χ1n) is 9.65. The van der Waals surface area contributed by atoms with Crippen LogP contribution in [0.25, 0.3) is 0 Å². The topological polar surface area (TPSA) is 41.6 Å². The SMILES string of the molecule is O=C(NC1COC2(CCCCC2)C1)c1ccc(N2CCCC2)c(Cl)c1. The Balaban J connectivity index is 1.39. The van der Waals surface area contributed by atoms with Crippen LogP contribution in [0, 0.1) is 0 Å². The van der Waals surface area contributed by atoms with Gasteiger partial charge in [-0.1, -0.05) is 30.9 Å². The van der Waals surface area contributed by atoms with E-state index < -0.39 is 0 Å². The molecule has 5 heteroatoms. The highest BCUT2D eigenvalue weighted by Crippen LogP contribution is 2.39. The number of ether oxygens (including phenoxy) is 1. The summed E-state index contributed by atoms with van der Waals surface area (Å²) in [6.45, 7) is 2.73. The molecule has 2 saturated heterocycles. The molecule has 1 unspecified atom stereocenters. The molecule has 4 rings (SSSR count). The molecule has 1 N–H and O–H groups in total. The molecule has 0 aromatic heterocycles.